The van der Waals surface area contributed by atoms with Crippen molar-refractivity contribution in [2.24, 2.45) is 0 Å². The van der Waals surface area contributed by atoms with Crippen molar-refractivity contribution in [2.45, 2.75) is 13.0 Å². The Morgan fingerprint density at radius 1 is 1.06 bits per heavy atom. The molecule has 18 heavy (non-hydrogen) atoms. The maximum atomic E-state index is 6.23. The number of rotatable bonds is 1. The minimum Gasteiger partial charge on any atom is -0.366 e. The summed E-state index contributed by atoms with van der Waals surface area (Å²) < 4.78 is 0. The van der Waals surface area contributed by atoms with Gasteiger partial charge in [-0.3, -0.25) is 0 Å². The minimum absolute atomic E-state index is 0.569. The molecule has 0 saturated heterocycles. The van der Waals surface area contributed by atoms with E-state index in [1.807, 2.05) is 30.3 Å². The Hall–Kier alpha value is -1.25. The molecule has 0 aliphatic carbocycles. The second-order valence-electron chi connectivity index (χ2n) is 4.36. The van der Waals surface area contributed by atoms with Crippen LogP contribution in [0.4, 0.5) is 5.69 Å². The molecule has 2 aromatic rings. The molecule has 3 rings (SSSR count). The fourth-order valence-electron chi connectivity index (χ4n) is 2.30. The van der Waals surface area contributed by atoms with E-state index in [4.69, 9.17) is 23.2 Å². The fourth-order valence-corrected chi connectivity index (χ4v) is 2.72. The smallest absolute Gasteiger partial charge is 0.129 e. The van der Waals surface area contributed by atoms with E-state index in [0.29, 0.717) is 5.15 Å². The molecule has 4 heteroatoms. The van der Waals surface area contributed by atoms with Crippen molar-refractivity contribution in [3.8, 4) is 0 Å². The highest BCUT2D eigenvalue weighted by Gasteiger charge is 2.19. The minimum atomic E-state index is 0.569. The predicted octanol–water partition coefficient (Wildman–Crippen LogP) is 3.95. The molecule has 0 amide bonds. The molecular weight excluding hydrogens is 267 g/mol. The van der Waals surface area contributed by atoms with E-state index in [9.17, 15) is 0 Å². The van der Waals surface area contributed by atoms with Crippen LogP contribution < -0.4 is 4.90 Å². The van der Waals surface area contributed by atoms with Crippen molar-refractivity contribution in [2.75, 3.05) is 11.4 Å². The van der Waals surface area contributed by atoms with E-state index in [1.165, 1.54) is 5.56 Å². The zero-order valence-electron chi connectivity index (χ0n) is 9.74. The van der Waals surface area contributed by atoms with Crippen molar-refractivity contribution in [3.05, 3.63) is 57.8 Å². The standard InChI is InChI=1S/C14H12Cl2N2/c15-11-3-1-2-4-13(11)18-8-7-12-10(9-18)5-6-14(16)17-12/h1-6H,7-9H2. The van der Waals surface area contributed by atoms with Gasteiger partial charge >= 0.3 is 0 Å². The van der Waals surface area contributed by atoms with E-state index in [2.05, 4.69) is 16.0 Å². The van der Waals surface area contributed by atoms with Gasteiger partial charge < -0.3 is 4.90 Å². The maximum Gasteiger partial charge on any atom is 0.129 e. The fraction of sp³-hybridized carbons (Fsp3) is 0.214. The summed E-state index contributed by atoms with van der Waals surface area (Å²) in [5, 5.41) is 1.36. The lowest BCUT2D eigenvalue weighted by Crippen LogP contribution is -2.31. The average molecular weight is 279 g/mol. The summed E-state index contributed by atoms with van der Waals surface area (Å²) in [6.45, 7) is 1.76. The first-order valence-corrected chi connectivity index (χ1v) is 6.63. The van der Waals surface area contributed by atoms with Gasteiger partial charge in [0.15, 0.2) is 0 Å². The number of anilines is 1. The van der Waals surface area contributed by atoms with Gasteiger partial charge in [0.25, 0.3) is 0 Å². The second-order valence-corrected chi connectivity index (χ2v) is 5.16. The largest absolute Gasteiger partial charge is 0.366 e. The van der Waals surface area contributed by atoms with Crippen LogP contribution in [0.5, 0.6) is 0 Å². The predicted molar refractivity (Wildman–Crippen MR) is 75.5 cm³/mol. The third-order valence-corrected chi connectivity index (χ3v) is 3.74. The number of benzene rings is 1. The lowest BCUT2D eigenvalue weighted by Gasteiger charge is -2.30. The molecule has 0 bridgehead atoms. The highest BCUT2D eigenvalue weighted by Crippen LogP contribution is 2.29. The molecular formula is C14H12Cl2N2. The highest BCUT2D eigenvalue weighted by molar-refractivity contribution is 6.33. The number of fused-ring (bicyclic) bond motifs is 1. The van der Waals surface area contributed by atoms with E-state index >= 15 is 0 Å². The number of para-hydroxylation sites is 1. The van der Waals surface area contributed by atoms with Gasteiger partial charge in [0.05, 0.1) is 10.7 Å². The van der Waals surface area contributed by atoms with E-state index in [1.54, 1.807) is 0 Å². The molecule has 1 aromatic carbocycles. The molecule has 2 nitrogen and oxygen atoms in total. The highest BCUT2D eigenvalue weighted by atomic mass is 35.5. The van der Waals surface area contributed by atoms with Gasteiger partial charge in [0.2, 0.25) is 0 Å². The molecule has 0 N–H and O–H groups in total. The Labute approximate surface area is 116 Å². The van der Waals surface area contributed by atoms with Crippen LogP contribution in [-0.4, -0.2) is 11.5 Å². The maximum absolute atomic E-state index is 6.23. The number of pyridine rings is 1. The number of hydrogen-bond acceptors (Lipinski definition) is 2. The summed E-state index contributed by atoms with van der Waals surface area (Å²) in [5.41, 5.74) is 3.41. The molecule has 1 aliphatic rings. The first-order chi connectivity index (χ1) is 8.74. The van der Waals surface area contributed by atoms with Gasteiger partial charge in [-0.1, -0.05) is 41.4 Å². The molecule has 0 saturated carbocycles. The molecule has 0 radical (unpaired) electrons. The van der Waals surface area contributed by atoms with E-state index < -0.39 is 0 Å². The number of halogens is 2. The molecule has 1 aromatic heterocycles. The Bertz CT molecular complexity index is 584. The summed E-state index contributed by atoms with van der Waals surface area (Å²) in [6.07, 6.45) is 0.904. The third kappa shape index (κ3) is 2.18. The zero-order valence-corrected chi connectivity index (χ0v) is 11.2. The Morgan fingerprint density at radius 3 is 2.72 bits per heavy atom. The van der Waals surface area contributed by atoms with Crippen LogP contribution >= 0.6 is 23.2 Å². The monoisotopic (exact) mass is 278 g/mol. The second kappa shape index (κ2) is 4.79. The summed E-state index contributed by atoms with van der Waals surface area (Å²) in [4.78, 5) is 6.65. The van der Waals surface area contributed by atoms with Crippen LogP contribution in [0.25, 0.3) is 0 Å². The number of nitrogens with zero attached hydrogens (tertiary/aromatic N) is 2. The molecule has 2 heterocycles. The van der Waals surface area contributed by atoms with Crippen LogP contribution in [0.1, 0.15) is 11.3 Å². The normalized spacial score (nSPS) is 14.4. The van der Waals surface area contributed by atoms with Gasteiger partial charge in [0.1, 0.15) is 5.15 Å². The summed E-state index contributed by atoms with van der Waals surface area (Å²) in [6, 6.07) is 11.8. The molecule has 1 aliphatic heterocycles. The Morgan fingerprint density at radius 2 is 1.89 bits per heavy atom. The quantitative estimate of drug-likeness (QED) is 0.735. The van der Waals surface area contributed by atoms with Crippen molar-refractivity contribution >= 4 is 28.9 Å². The van der Waals surface area contributed by atoms with Crippen LogP contribution in [0, 0.1) is 0 Å². The van der Waals surface area contributed by atoms with Gasteiger partial charge in [-0.05, 0) is 23.8 Å². The molecule has 0 atom stereocenters. The topological polar surface area (TPSA) is 16.1 Å². The lowest BCUT2D eigenvalue weighted by molar-refractivity contribution is 0.712. The zero-order chi connectivity index (χ0) is 12.5. The van der Waals surface area contributed by atoms with Gasteiger partial charge in [-0.2, -0.15) is 0 Å². The summed E-state index contributed by atoms with van der Waals surface area (Å²) in [7, 11) is 0. The van der Waals surface area contributed by atoms with Crippen LogP contribution in [-0.2, 0) is 13.0 Å². The van der Waals surface area contributed by atoms with Gasteiger partial charge in [-0.25, -0.2) is 4.98 Å². The van der Waals surface area contributed by atoms with Crippen LogP contribution in [0.3, 0.4) is 0 Å². The number of hydrogen-bond donors (Lipinski definition) is 0. The lowest BCUT2D eigenvalue weighted by atomic mass is 10.1. The van der Waals surface area contributed by atoms with Crippen LogP contribution in [0.15, 0.2) is 36.4 Å². The van der Waals surface area contributed by atoms with Crippen molar-refractivity contribution in [3.63, 3.8) is 0 Å². The van der Waals surface area contributed by atoms with E-state index in [-0.39, 0.29) is 0 Å². The SMILES string of the molecule is Clc1ccc2c(n1)CCN(c1ccccc1Cl)C2. The summed E-state index contributed by atoms with van der Waals surface area (Å²) >= 11 is 12.1. The van der Waals surface area contributed by atoms with Gasteiger partial charge in [-0.15, -0.1) is 0 Å². The third-order valence-electron chi connectivity index (χ3n) is 3.21. The molecule has 92 valence electrons. The first kappa shape index (κ1) is 11.8. The molecule has 0 spiro atoms. The molecule has 0 unspecified atom stereocenters. The van der Waals surface area contributed by atoms with Gasteiger partial charge in [0, 0.05) is 25.2 Å². The average Bonchev–Trinajstić information content (AvgIpc) is 2.39. The van der Waals surface area contributed by atoms with Crippen LogP contribution in [0.2, 0.25) is 10.2 Å². The van der Waals surface area contributed by atoms with Crippen molar-refractivity contribution in [1.29, 1.82) is 0 Å². The number of aromatic nitrogens is 1. The first-order valence-electron chi connectivity index (χ1n) is 5.88. The Kier molecular flexibility index (Phi) is 3.14. The van der Waals surface area contributed by atoms with Crippen molar-refractivity contribution < 1.29 is 0 Å². The molecule has 0 fully saturated rings. The Balaban J connectivity index is 1.92. The van der Waals surface area contributed by atoms with E-state index in [0.717, 1.165) is 35.9 Å². The van der Waals surface area contributed by atoms with Crippen molar-refractivity contribution in [1.82, 2.24) is 4.98 Å². The summed E-state index contributed by atoms with van der Waals surface area (Å²) in [5.74, 6) is 0.